The topological polar surface area (TPSA) is 117 Å². The molecule has 3 aromatic heterocycles. The number of ether oxygens (including phenoxy) is 1. The number of hydrogen-bond donors (Lipinski definition) is 1. The smallest absolute Gasteiger partial charge is 0.350 e. The third-order valence-corrected chi connectivity index (χ3v) is 5.26. The van der Waals surface area contributed by atoms with Crippen LogP contribution in [0.25, 0.3) is 28.5 Å². The van der Waals surface area contributed by atoms with Gasteiger partial charge in [-0.3, -0.25) is 4.79 Å². The van der Waals surface area contributed by atoms with Gasteiger partial charge in [0.15, 0.2) is 5.65 Å². The molecule has 2 aromatic carbocycles. The minimum atomic E-state index is -0.485. The van der Waals surface area contributed by atoms with E-state index in [1.807, 2.05) is 0 Å². The molecule has 5 rings (SSSR count). The van der Waals surface area contributed by atoms with Gasteiger partial charge in [-0.1, -0.05) is 41.0 Å². The second-order valence-electron chi connectivity index (χ2n) is 7.24. The maximum absolute atomic E-state index is 12.9. The van der Waals surface area contributed by atoms with Crippen molar-refractivity contribution in [3.05, 3.63) is 82.4 Å². The molecule has 0 aliphatic carbocycles. The van der Waals surface area contributed by atoms with E-state index in [0.29, 0.717) is 33.4 Å². The molecule has 0 aliphatic rings. The van der Waals surface area contributed by atoms with E-state index in [9.17, 15) is 9.59 Å². The summed E-state index contributed by atoms with van der Waals surface area (Å²) in [6, 6.07) is 17.4. The first-order valence-electron chi connectivity index (χ1n) is 10.1. The van der Waals surface area contributed by atoms with Crippen molar-refractivity contribution in [3.8, 4) is 28.6 Å². The predicted octanol–water partition coefficient (Wildman–Crippen LogP) is 3.51. The number of nitrogens with one attached hydrogen (secondary N) is 1. The SMILES string of the molecule is COc1ccccc1NC(=O)Cn1nc2c(-c3nc(-c4cccc(Cl)c4)no3)cccn2c1=O. The second-order valence-corrected chi connectivity index (χ2v) is 7.67. The highest BCUT2D eigenvalue weighted by Crippen LogP contribution is 2.26. The monoisotopic (exact) mass is 476 g/mol. The molecular formula is C23H17ClN6O4. The summed E-state index contributed by atoms with van der Waals surface area (Å²) in [5.41, 5.74) is 1.42. The first-order chi connectivity index (χ1) is 16.5. The third-order valence-electron chi connectivity index (χ3n) is 5.02. The molecule has 1 N–H and O–H groups in total. The largest absolute Gasteiger partial charge is 0.495 e. The van der Waals surface area contributed by atoms with Crippen LogP contribution < -0.4 is 15.7 Å². The molecule has 0 saturated carbocycles. The molecule has 34 heavy (non-hydrogen) atoms. The molecule has 5 aromatic rings. The van der Waals surface area contributed by atoms with E-state index in [1.165, 1.54) is 11.5 Å². The zero-order chi connectivity index (χ0) is 23.7. The Morgan fingerprint density at radius 1 is 1.15 bits per heavy atom. The molecule has 0 atom stereocenters. The highest BCUT2D eigenvalue weighted by atomic mass is 35.5. The van der Waals surface area contributed by atoms with Crippen molar-refractivity contribution >= 4 is 28.8 Å². The summed E-state index contributed by atoms with van der Waals surface area (Å²) in [5, 5.41) is 11.6. The fourth-order valence-corrected chi connectivity index (χ4v) is 3.65. The maximum Gasteiger partial charge on any atom is 0.350 e. The van der Waals surface area contributed by atoms with Crippen LogP contribution in [0.3, 0.4) is 0 Å². The lowest BCUT2D eigenvalue weighted by atomic mass is 10.2. The molecule has 11 heteroatoms. The molecule has 170 valence electrons. The summed E-state index contributed by atoms with van der Waals surface area (Å²) in [6.45, 7) is -0.296. The van der Waals surface area contributed by atoms with Gasteiger partial charge in [-0.2, -0.15) is 4.98 Å². The fraction of sp³-hybridized carbons (Fsp3) is 0.0870. The highest BCUT2D eigenvalue weighted by Gasteiger charge is 2.19. The number of para-hydroxylation sites is 2. The van der Waals surface area contributed by atoms with Crippen LogP contribution in [-0.4, -0.2) is 37.3 Å². The number of methoxy groups -OCH3 is 1. The summed E-state index contributed by atoms with van der Waals surface area (Å²) in [5.74, 6) is 0.596. The molecule has 0 saturated heterocycles. The number of rotatable bonds is 6. The first-order valence-corrected chi connectivity index (χ1v) is 10.5. The van der Waals surface area contributed by atoms with Gasteiger partial charge in [0, 0.05) is 16.8 Å². The van der Waals surface area contributed by atoms with E-state index in [4.69, 9.17) is 20.9 Å². The van der Waals surface area contributed by atoms with Crippen molar-refractivity contribution in [1.82, 2.24) is 24.3 Å². The van der Waals surface area contributed by atoms with Gasteiger partial charge in [0.05, 0.1) is 18.4 Å². The van der Waals surface area contributed by atoms with Gasteiger partial charge >= 0.3 is 5.69 Å². The number of amides is 1. The summed E-state index contributed by atoms with van der Waals surface area (Å²) >= 11 is 6.05. The molecule has 0 aliphatic heterocycles. The average molecular weight is 477 g/mol. The van der Waals surface area contributed by atoms with Crippen LogP contribution in [0.4, 0.5) is 5.69 Å². The number of nitrogens with zero attached hydrogens (tertiary/aromatic N) is 5. The number of aromatic nitrogens is 5. The maximum atomic E-state index is 12.9. The predicted molar refractivity (Wildman–Crippen MR) is 125 cm³/mol. The Labute approximate surface area is 197 Å². The summed E-state index contributed by atoms with van der Waals surface area (Å²) in [6.07, 6.45) is 1.55. The normalized spacial score (nSPS) is 11.0. The van der Waals surface area contributed by atoms with Crippen LogP contribution in [0.5, 0.6) is 5.75 Å². The Bertz CT molecular complexity index is 1570. The zero-order valence-electron chi connectivity index (χ0n) is 17.8. The molecule has 0 spiro atoms. The highest BCUT2D eigenvalue weighted by molar-refractivity contribution is 6.30. The van der Waals surface area contributed by atoms with Crippen molar-refractivity contribution in [3.63, 3.8) is 0 Å². The number of carbonyl (C=O) groups is 1. The number of anilines is 1. The van der Waals surface area contributed by atoms with Crippen LogP contribution in [0, 0.1) is 0 Å². The summed E-state index contributed by atoms with van der Waals surface area (Å²) in [7, 11) is 1.51. The van der Waals surface area contributed by atoms with Crippen molar-refractivity contribution < 1.29 is 14.1 Å². The standard InChI is InChI=1S/C23H17ClN6O4/c1-33-18-10-3-2-9-17(18)25-19(31)13-30-23(32)29-11-5-8-16(21(29)27-30)22-26-20(28-34-22)14-6-4-7-15(24)12-14/h2-12H,13H2,1H3,(H,25,31). The minimum absolute atomic E-state index is 0.177. The van der Waals surface area contributed by atoms with Crippen molar-refractivity contribution in [1.29, 1.82) is 0 Å². The number of benzene rings is 2. The second kappa shape index (κ2) is 8.83. The van der Waals surface area contributed by atoms with E-state index in [-0.39, 0.29) is 18.1 Å². The Morgan fingerprint density at radius 2 is 2.00 bits per heavy atom. The lowest BCUT2D eigenvalue weighted by Crippen LogP contribution is -2.28. The molecule has 0 radical (unpaired) electrons. The molecule has 0 bridgehead atoms. The first kappa shape index (κ1) is 21.4. The van der Waals surface area contributed by atoms with E-state index >= 15 is 0 Å². The average Bonchev–Trinajstić information content (AvgIpc) is 3.45. The quantitative estimate of drug-likeness (QED) is 0.398. The molecular weight excluding hydrogens is 460 g/mol. The minimum Gasteiger partial charge on any atom is -0.495 e. The van der Waals surface area contributed by atoms with Crippen LogP contribution in [0.15, 0.2) is 76.2 Å². The molecule has 3 heterocycles. The number of carbonyl (C=O) groups excluding carboxylic acids is 1. The van der Waals surface area contributed by atoms with E-state index in [2.05, 4.69) is 20.6 Å². The van der Waals surface area contributed by atoms with Gasteiger partial charge in [0.1, 0.15) is 12.3 Å². The van der Waals surface area contributed by atoms with Gasteiger partial charge < -0.3 is 14.6 Å². The van der Waals surface area contributed by atoms with Crippen LogP contribution in [-0.2, 0) is 11.3 Å². The third kappa shape index (κ3) is 4.02. The van der Waals surface area contributed by atoms with Crippen molar-refractivity contribution in [2.45, 2.75) is 6.54 Å². The van der Waals surface area contributed by atoms with Crippen LogP contribution in [0.1, 0.15) is 0 Å². The van der Waals surface area contributed by atoms with Crippen molar-refractivity contribution in [2.75, 3.05) is 12.4 Å². The Hall–Kier alpha value is -4.44. The van der Waals surface area contributed by atoms with Crippen molar-refractivity contribution in [2.24, 2.45) is 0 Å². The van der Waals surface area contributed by atoms with Gasteiger partial charge in [-0.25, -0.2) is 13.9 Å². The number of pyridine rings is 1. The van der Waals surface area contributed by atoms with Crippen LogP contribution >= 0.6 is 11.6 Å². The van der Waals surface area contributed by atoms with Gasteiger partial charge in [-0.15, -0.1) is 5.10 Å². The number of fused-ring (bicyclic) bond motifs is 1. The van der Waals surface area contributed by atoms with E-state index in [1.54, 1.807) is 66.9 Å². The molecule has 10 nitrogen and oxygen atoms in total. The van der Waals surface area contributed by atoms with E-state index in [0.717, 1.165) is 4.68 Å². The van der Waals surface area contributed by atoms with Gasteiger partial charge in [0.25, 0.3) is 5.89 Å². The van der Waals surface area contributed by atoms with Gasteiger partial charge in [-0.05, 0) is 36.4 Å². The molecule has 1 amide bonds. The lowest BCUT2D eigenvalue weighted by Gasteiger charge is -2.09. The Balaban J connectivity index is 1.45. The summed E-state index contributed by atoms with van der Waals surface area (Å²) in [4.78, 5) is 29.9. The Kier molecular flexibility index (Phi) is 5.56. The molecule has 0 unspecified atom stereocenters. The summed E-state index contributed by atoms with van der Waals surface area (Å²) < 4.78 is 13.0. The zero-order valence-corrected chi connectivity index (χ0v) is 18.6. The number of hydrogen-bond acceptors (Lipinski definition) is 7. The van der Waals surface area contributed by atoms with E-state index < -0.39 is 11.6 Å². The molecule has 0 fully saturated rings. The Morgan fingerprint density at radius 3 is 2.82 bits per heavy atom. The van der Waals surface area contributed by atoms with Crippen LogP contribution in [0.2, 0.25) is 5.02 Å². The lowest BCUT2D eigenvalue weighted by molar-refractivity contribution is -0.117. The fourth-order valence-electron chi connectivity index (χ4n) is 3.46. The number of halogens is 1. The van der Waals surface area contributed by atoms with Gasteiger partial charge in [0.2, 0.25) is 11.7 Å².